The van der Waals surface area contributed by atoms with Crippen LogP contribution in [-0.2, 0) is 11.8 Å². The van der Waals surface area contributed by atoms with Crippen molar-refractivity contribution in [3.8, 4) is 5.75 Å². The van der Waals surface area contributed by atoms with Crippen LogP contribution in [0.5, 0.6) is 5.75 Å². The highest BCUT2D eigenvalue weighted by atomic mass is 16.5. The molecule has 5 nitrogen and oxygen atoms in total. The quantitative estimate of drug-likeness (QED) is 0.726. The summed E-state index contributed by atoms with van der Waals surface area (Å²) < 4.78 is 7.60. The zero-order chi connectivity index (χ0) is 17.8. The van der Waals surface area contributed by atoms with Crippen LogP contribution < -0.4 is 10.1 Å². The van der Waals surface area contributed by atoms with Crippen molar-refractivity contribution < 1.29 is 14.6 Å². The minimum Gasteiger partial charge on any atom is -0.481 e. The maximum absolute atomic E-state index is 12.1. The molecule has 2 N–H and O–H groups in total. The lowest BCUT2D eigenvalue weighted by Gasteiger charge is -2.17. The third kappa shape index (κ3) is 4.00. The van der Waals surface area contributed by atoms with E-state index in [2.05, 4.69) is 5.32 Å². The fourth-order valence-electron chi connectivity index (χ4n) is 2.72. The number of rotatable bonds is 6. The number of hydrogen-bond acceptors (Lipinski definition) is 3. The predicted octanol–water partition coefficient (Wildman–Crippen LogP) is 2.80. The van der Waals surface area contributed by atoms with E-state index in [1.807, 2.05) is 60.3 Å². The van der Waals surface area contributed by atoms with Gasteiger partial charge >= 0.3 is 0 Å². The van der Waals surface area contributed by atoms with Crippen molar-refractivity contribution in [2.24, 2.45) is 7.05 Å². The van der Waals surface area contributed by atoms with Crippen molar-refractivity contribution in [1.82, 2.24) is 9.88 Å². The summed E-state index contributed by atoms with van der Waals surface area (Å²) >= 11 is 0. The summed E-state index contributed by atoms with van der Waals surface area (Å²) in [5.74, 6) is 0.379. The average Bonchev–Trinajstić information content (AvgIpc) is 3.00. The average molecular weight is 338 g/mol. The third-order valence-corrected chi connectivity index (χ3v) is 4.19. The van der Waals surface area contributed by atoms with E-state index in [-0.39, 0.29) is 12.5 Å². The largest absolute Gasteiger partial charge is 0.481 e. The number of aromatic nitrogens is 1. The molecule has 0 aliphatic rings. The Morgan fingerprint density at radius 1 is 1.20 bits per heavy atom. The molecule has 0 radical (unpaired) electrons. The van der Waals surface area contributed by atoms with Gasteiger partial charge in [-0.3, -0.25) is 4.79 Å². The second-order valence-electron chi connectivity index (χ2n) is 6.08. The highest BCUT2D eigenvalue weighted by Gasteiger charge is 2.16. The summed E-state index contributed by atoms with van der Waals surface area (Å²) in [6, 6.07) is 17.0. The van der Waals surface area contributed by atoms with Crippen LogP contribution >= 0.6 is 0 Å². The summed E-state index contributed by atoms with van der Waals surface area (Å²) in [5.41, 5.74) is 1.88. The molecule has 3 rings (SSSR count). The summed E-state index contributed by atoms with van der Waals surface area (Å²) in [6.45, 7) is 1.82. The summed E-state index contributed by atoms with van der Waals surface area (Å²) in [5, 5.41) is 14.1. The molecular formula is C20H22N2O3. The zero-order valence-electron chi connectivity index (χ0n) is 14.3. The van der Waals surface area contributed by atoms with Gasteiger partial charge < -0.3 is 19.7 Å². The molecule has 1 amide bonds. The van der Waals surface area contributed by atoms with E-state index in [9.17, 15) is 9.90 Å². The first-order valence-corrected chi connectivity index (χ1v) is 8.27. The highest BCUT2D eigenvalue weighted by Crippen LogP contribution is 2.21. The minimum atomic E-state index is -0.766. The van der Waals surface area contributed by atoms with Crippen molar-refractivity contribution in [3.63, 3.8) is 0 Å². The first-order valence-electron chi connectivity index (χ1n) is 8.27. The molecule has 0 saturated carbocycles. The van der Waals surface area contributed by atoms with Gasteiger partial charge in [-0.1, -0.05) is 24.3 Å². The first kappa shape index (κ1) is 17.0. The number of hydrogen-bond donors (Lipinski definition) is 2. The van der Waals surface area contributed by atoms with E-state index < -0.39 is 12.2 Å². The molecule has 3 aromatic rings. The van der Waals surface area contributed by atoms with Crippen LogP contribution in [0.2, 0.25) is 0 Å². The fraction of sp³-hybridized carbons (Fsp3) is 0.250. The molecule has 2 atom stereocenters. The minimum absolute atomic E-state index is 0.139. The number of nitrogens with one attached hydrogen (secondary N) is 1. The van der Waals surface area contributed by atoms with Crippen molar-refractivity contribution in [2.75, 3.05) is 6.54 Å². The molecular weight excluding hydrogens is 316 g/mol. The van der Waals surface area contributed by atoms with E-state index in [1.165, 1.54) is 0 Å². The topological polar surface area (TPSA) is 63.5 Å². The molecule has 0 aliphatic carbocycles. The van der Waals surface area contributed by atoms with Gasteiger partial charge in [-0.05, 0) is 48.2 Å². The number of aliphatic hydroxyl groups excluding tert-OH is 1. The SMILES string of the molecule is CC(Oc1ccccc1)C(=O)NCC(O)c1ccc2c(ccn2C)c1. The Morgan fingerprint density at radius 2 is 1.96 bits per heavy atom. The van der Waals surface area contributed by atoms with Gasteiger partial charge in [-0.25, -0.2) is 0 Å². The van der Waals surface area contributed by atoms with Gasteiger partial charge in [-0.2, -0.15) is 0 Å². The third-order valence-electron chi connectivity index (χ3n) is 4.19. The molecule has 1 aromatic heterocycles. The Kier molecular flexibility index (Phi) is 5.05. The lowest BCUT2D eigenvalue weighted by atomic mass is 10.1. The number of carbonyl (C=O) groups excluding carboxylic acids is 1. The van der Waals surface area contributed by atoms with Gasteiger partial charge in [-0.15, -0.1) is 0 Å². The Morgan fingerprint density at radius 3 is 2.72 bits per heavy atom. The van der Waals surface area contributed by atoms with Gasteiger partial charge in [0.25, 0.3) is 5.91 Å². The van der Waals surface area contributed by atoms with Crippen LogP contribution in [0.3, 0.4) is 0 Å². The van der Waals surface area contributed by atoms with Crippen LogP contribution in [0.15, 0.2) is 60.8 Å². The molecule has 5 heteroatoms. The Bertz CT molecular complexity index is 858. The molecule has 0 spiro atoms. The van der Waals surface area contributed by atoms with E-state index in [4.69, 9.17) is 4.74 Å². The molecule has 2 aromatic carbocycles. The van der Waals surface area contributed by atoms with Crippen molar-refractivity contribution in [1.29, 1.82) is 0 Å². The Balaban J connectivity index is 1.56. The molecule has 0 fully saturated rings. The summed E-state index contributed by atoms with van der Waals surface area (Å²) in [6.07, 6.45) is 0.578. The molecule has 0 bridgehead atoms. The number of ether oxygens (including phenoxy) is 1. The lowest BCUT2D eigenvalue weighted by Crippen LogP contribution is -2.38. The number of aliphatic hydroxyl groups is 1. The van der Waals surface area contributed by atoms with Gasteiger partial charge in [0.15, 0.2) is 6.10 Å². The zero-order valence-corrected chi connectivity index (χ0v) is 14.3. The number of nitrogens with zero attached hydrogens (tertiary/aromatic N) is 1. The second-order valence-corrected chi connectivity index (χ2v) is 6.08. The molecule has 2 unspecified atom stereocenters. The highest BCUT2D eigenvalue weighted by molar-refractivity contribution is 5.81. The summed E-state index contributed by atoms with van der Waals surface area (Å²) in [4.78, 5) is 12.1. The standard InChI is InChI=1S/C20H22N2O3/c1-14(25-17-6-4-3-5-7-17)20(24)21-13-19(23)16-8-9-18-15(12-16)10-11-22(18)2/h3-12,14,19,23H,13H2,1-2H3,(H,21,24). The van der Waals surface area contributed by atoms with Crippen molar-refractivity contribution in [3.05, 3.63) is 66.4 Å². The van der Waals surface area contributed by atoms with Crippen LogP contribution in [0.1, 0.15) is 18.6 Å². The van der Waals surface area contributed by atoms with Crippen LogP contribution in [0, 0.1) is 0 Å². The first-order chi connectivity index (χ1) is 12.0. The van der Waals surface area contributed by atoms with E-state index in [0.29, 0.717) is 5.75 Å². The number of amides is 1. The Hall–Kier alpha value is -2.79. The van der Waals surface area contributed by atoms with Crippen LogP contribution in [0.25, 0.3) is 10.9 Å². The van der Waals surface area contributed by atoms with Crippen molar-refractivity contribution in [2.45, 2.75) is 19.1 Å². The number of carbonyl (C=O) groups is 1. The number of aryl methyl sites for hydroxylation is 1. The Labute approximate surface area is 146 Å². The van der Waals surface area contributed by atoms with Gasteiger partial charge in [0.05, 0.1) is 6.10 Å². The second kappa shape index (κ2) is 7.40. The van der Waals surface area contributed by atoms with Gasteiger partial charge in [0, 0.05) is 25.3 Å². The monoisotopic (exact) mass is 338 g/mol. The lowest BCUT2D eigenvalue weighted by molar-refractivity contribution is -0.127. The molecule has 25 heavy (non-hydrogen) atoms. The maximum atomic E-state index is 12.1. The van der Waals surface area contributed by atoms with E-state index in [0.717, 1.165) is 16.5 Å². The van der Waals surface area contributed by atoms with Crippen LogP contribution in [-0.4, -0.2) is 28.2 Å². The number of fused-ring (bicyclic) bond motifs is 1. The summed E-state index contributed by atoms with van der Waals surface area (Å²) in [7, 11) is 1.98. The van der Waals surface area contributed by atoms with E-state index >= 15 is 0 Å². The predicted molar refractivity (Wildman–Crippen MR) is 97.4 cm³/mol. The number of para-hydroxylation sites is 1. The molecule has 130 valence electrons. The van der Waals surface area contributed by atoms with E-state index in [1.54, 1.807) is 19.1 Å². The van der Waals surface area contributed by atoms with Crippen LogP contribution in [0.4, 0.5) is 0 Å². The molecule has 1 heterocycles. The molecule has 0 aliphatic heterocycles. The smallest absolute Gasteiger partial charge is 0.260 e. The van der Waals surface area contributed by atoms with Crippen molar-refractivity contribution >= 4 is 16.8 Å². The normalized spacial score (nSPS) is 13.4. The van der Waals surface area contributed by atoms with Gasteiger partial charge in [0.2, 0.25) is 0 Å². The number of benzene rings is 2. The fourth-order valence-corrected chi connectivity index (χ4v) is 2.72. The maximum Gasteiger partial charge on any atom is 0.260 e. The molecule has 0 saturated heterocycles. The van der Waals surface area contributed by atoms with Gasteiger partial charge in [0.1, 0.15) is 5.75 Å².